The van der Waals surface area contributed by atoms with Gasteiger partial charge in [-0.2, -0.15) is 0 Å². The summed E-state index contributed by atoms with van der Waals surface area (Å²) in [6.07, 6.45) is 7.22. The molecule has 1 rings (SSSR count). The van der Waals surface area contributed by atoms with Crippen LogP contribution in [0.2, 0.25) is 0 Å². The Hall–Kier alpha value is -0.0400. The normalized spacial score (nSPS) is 30.5. The highest BCUT2D eigenvalue weighted by molar-refractivity contribution is 4.86. The van der Waals surface area contributed by atoms with E-state index in [0.717, 1.165) is 24.7 Å². The Kier molecular flexibility index (Phi) is 5.50. The van der Waals surface area contributed by atoms with Crippen molar-refractivity contribution in [1.82, 2.24) is 0 Å². The van der Waals surface area contributed by atoms with Crippen LogP contribution in [0.5, 0.6) is 0 Å². The van der Waals surface area contributed by atoms with Gasteiger partial charge < -0.3 is 5.11 Å². The third kappa shape index (κ3) is 4.62. The Bertz CT molecular complexity index is 220. The van der Waals surface area contributed by atoms with Gasteiger partial charge in [0.25, 0.3) is 0 Å². The maximum atomic E-state index is 10.0. The average molecular weight is 240 g/mol. The fraction of sp³-hybridized carbons (Fsp3) is 1.00. The molecule has 1 fully saturated rings. The van der Waals surface area contributed by atoms with Gasteiger partial charge in [-0.25, -0.2) is 0 Å². The van der Waals surface area contributed by atoms with Gasteiger partial charge >= 0.3 is 0 Å². The Morgan fingerprint density at radius 3 is 2.47 bits per heavy atom. The predicted octanol–water partition coefficient (Wildman–Crippen LogP) is 4.64. The molecule has 1 unspecified atom stereocenters. The minimum atomic E-state index is -0.0834. The summed E-state index contributed by atoms with van der Waals surface area (Å²) in [5.41, 5.74) is 0.481. The molecule has 1 aliphatic carbocycles. The smallest absolute Gasteiger partial charge is 0.0542 e. The second kappa shape index (κ2) is 6.22. The summed E-state index contributed by atoms with van der Waals surface area (Å²) in [6, 6.07) is 0. The van der Waals surface area contributed by atoms with Crippen LogP contribution < -0.4 is 0 Å². The van der Waals surface area contributed by atoms with E-state index in [9.17, 15) is 5.11 Å². The molecule has 1 aliphatic rings. The van der Waals surface area contributed by atoms with Gasteiger partial charge in [-0.1, -0.05) is 47.5 Å². The maximum absolute atomic E-state index is 10.0. The minimum absolute atomic E-state index is 0.0834. The first-order chi connectivity index (χ1) is 7.83. The highest BCUT2D eigenvalue weighted by Gasteiger charge is 2.36. The van der Waals surface area contributed by atoms with Crippen LogP contribution in [0, 0.1) is 23.2 Å². The molecule has 1 heteroatoms. The topological polar surface area (TPSA) is 20.2 Å². The van der Waals surface area contributed by atoms with Gasteiger partial charge in [0.2, 0.25) is 0 Å². The van der Waals surface area contributed by atoms with Gasteiger partial charge in [-0.3, -0.25) is 0 Å². The lowest BCUT2D eigenvalue weighted by molar-refractivity contribution is 0.0536. The van der Waals surface area contributed by atoms with E-state index in [0.29, 0.717) is 11.3 Å². The van der Waals surface area contributed by atoms with Crippen molar-refractivity contribution in [2.24, 2.45) is 23.2 Å². The molecule has 0 bridgehead atoms. The molecule has 0 spiro atoms. The molecule has 0 aromatic carbocycles. The van der Waals surface area contributed by atoms with Crippen molar-refractivity contribution in [2.45, 2.75) is 79.2 Å². The van der Waals surface area contributed by atoms with Crippen molar-refractivity contribution in [3.05, 3.63) is 0 Å². The van der Waals surface area contributed by atoms with Crippen LogP contribution in [0.3, 0.4) is 0 Å². The van der Waals surface area contributed by atoms with E-state index in [1.165, 1.54) is 25.7 Å². The summed E-state index contributed by atoms with van der Waals surface area (Å²) in [6.45, 7) is 11.6. The molecule has 0 saturated heterocycles. The molecular formula is C16H32O. The zero-order valence-electron chi connectivity index (χ0n) is 12.5. The first-order valence-electron chi connectivity index (χ1n) is 7.51. The molecular weight excluding hydrogens is 208 g/mol. The van der Waals surface area contributed by atoms with Gasteiger partial charge in [0, 0.05) is 0 Å². The van der Waals surface area contributed by atoms with Gasteiger partial charge in [0.05, 0.1) is 6.10 Å². The third-order valence-corrected chi connectivity index (χ3v) is 4.73. The van der Waals surface area contributed by atoms with E-state index in [-0.39, 0.29) is 6.10 Å². The molecule has 0 aromatic heterocycles. The van der Waals surface area contributed by atoms with Crippen molar-refractivity contribution < 1.29 is 5.11 Å². The fourth-order valence-electron chi connectivity index (χ4n) is 3.75. The number of aliphatic hydroxyl groups excluding tert-OH is 1. The zero-order valence-corrected chi connectivity index (χ0v) is 12.5. The Morgan fingerprint density at radius 1 is 1.29 bits per heavy atom. The average Bonchev–Trinajstić information content (AvgIpc) is 2.14. The molecule has 3 atom stereocenters. The van der Waals surface area contributed by atoms with Gasteiger partial charge in [-0.05, 0) is 48.9 Å². The van der Waals surface area contributed by atoms with E-state index in [1.807, 2.05) is 0 Å². The molecule has 1 N–H and O–H groups in total. The second-order valence-corrected chi connectivity index (χ2v) is 7.33. The van der Waals surface area contributed by atoms with Crippen molar-refractivity contribution in [1.29, 1.82) is 0 Å². The quantitative estimate of drug-likeness (QED) is 0.742. The molecule has 102 valence electrons. The SMILES string of the molecule is CC(C)CC(O)CC[C@H]1[C@@H](C)CCCC1(C)C. The van der Waals surface area contributed by atoms with E-state index >= 15 is 0 Å². The lowest BCUT2D eigenvalue weighted by Gasteiger charge is -2.43. The summed E-state index contributed by atoms with van der Waals surface area (Å²) in [7, 11) is 0. The largest absolute Gasteiger partial charge is 0.393 e. The van der Waals surface area contributed by atoms with E-state index < -0.39 is 0 Å². The lowest BCUT2D eigenvalue weighted by atomic mass is 9.62. The Morgan fingerprint density at radius 2 is 1.94 bits per heavy atom. The lowest BCUT2D eigenvalue weighted by Crippen LogP contribution is -2.34. The Labute approximate surface area is 108 Å². The van der Waals surface area contributed by atoms with Crippen LogP contribution in [-0.2, 0) is 0 Å². The van der Waals surface area contributed by atoms with Crippen LogP contribution in [-0.4, -0.2) is 11.2 Å². The van der Waals surface area contributed by atoms with Gasteiger partial charge in [0.1, 0.15) is 0 Å². The minimum Gasteiger partial charge on any atom is -0.393 e. The first-order valence-corrected chi connectivity index (χ1v) is 7.51. The fourth-order valence-corrected chi connectivity index (χ4v) is 3.75. The van der Waals surface area contributed by atoms with E-state index in [4.69, 9.17) is 0 Å². The molecule has 1 saturated carbocycles. The van der Waals surface area contributed by atoms with Crippen LogP contribution in [0.1, 0.15) is 73.1 Å². The zero-order chi connectivity index (χ0) is 13.1. The van der Waals surface area contributed by atoms with Crippen LogP contribution >= 0.6 is 0 Å². The maximum Gasteiger partial charge on any atom is 0.0542 e. The molecule has 0 aromatic rings. The predicted molar refractivity (Wildman–Crippen MR) is 75.0 cm³/mol. The van der Waals surface area contributed by atoms with Gasteiger partial charge in [-0.15, -0.1) is 0 Å². The number of rotatable bonds is 5. The van der Waals surface area contributed by atoms with E-state index in [1.54, 1.807) is 0 Å². The third-order valence-electron chi connectivity index (χ3n) is 4.73. The van der Waals surface area contributed by atoms with Crippen molar-refractivity contribution in [3.63, 3.8) is 0 Å². The Balaban J connectivity index is 2.43. The highest BCUT2D eigenvalue weighted by atomic mass is 16.3. The molecule has 0 radical (unpaired) electrons. The summed E-state index contributed by atoms with van der Waals surface area (Å²) < 4.78 is 0. The monoisotopic (exact) mass is 240 g/mol. The first kappa shape index (κ1) is 15.0. The number of hydrogen-bond donors (Lipinski definition) is 1. The van der Waals surface area contributed by atoms with Crippen molar-refractivity contribution in [3.8, 4) is 0 Å². The molecule has 0 amide bonds. The molecule has 0 heterocycles. The second-order valence-electron chi connectivity index (χ2n) is 7.33. The number of aliphatic hydroxyl groups is 1. The number of hydrogen-bond acceptors (Lipinski definition) is 1. The summed E-state index contributed by atoms with van der Waals surface area (Å²) >= 11 is 0. The molecule has 0 aliphatic heterocycles. The molecule has 17 heavy (non-hydrogen) atoms. The summed E-state index contributed by atoms with van der Waals surface area (Å²) in [4.78, 5) is 0. The van der Waals surface area contributed by atoms with Crippen molar-refractivity contribution >= 4 is 0 Å². The van der Waals surface area contributed by atoms with Crippen LogP contribution in [0.25, 0.3) is 0 Å². The molecule has 1 nitrogen and oxygen atoms in total. The summed E-state index contributed by atoms with van der Waals surface area (Å²) in [5, 5.41) is 10.0. The van der Waals surface area contributed by atoms with Gasteiger partial charge in [0.15, 0.2) is 0 Å². The van der Waals surface area contributed by atoms with Crippen LogP contribution in [0.4, 0.5) is 0 Å². The summed E-state index contributed by atoms with van der Waals surface area (Å²) in [5.74, 6) is 2.25. The van der Waals surface area contributed by atoms with Crippen molar-refractivity contribution in [2.75, 3.05) is 0 Å². The van der Waals surface area contributed by atoms with Crippen LogP contribution in [0.15, 0.2) is 0 Å². The standard InChI is InChI=1S/C16H32O/c1-12(2)11-14(17)8-9-15-13(3)7-6-10-16(15,4)5/h12-15,17H,6-11H2,1-5H3/t13-,14?,15-/m0/s1. The van der Waals surface area contributed by atoms with E-state index in [2.05, 4.69) is 34.6 Å². The highest BCUT2D eigenvalue weighted by Crippen LogP contribution is 2.46.